The summed E-state index contributed by atoms with van der Waals surface area (Å²) >= 11 is 8.74. The molecule has 0 aliphatic rings. The monoisotopic (exact) mass is 221 g/mol. The molecule has 54 valence electrons. The van der Waals surface area contributed by atoms with Gasteiger partial charge in [0.25, 0.3) is 0 Å². The second-order valence-electron chi connectivity index (χ2n) is 1.80. The molecule has 0 saturated heterocycles. The largest absolute Gasteiger partial charge is 0.329 e. The zero-order valence-electron chi connectivity index (χ0n) is 5.03. The Hall–Kier alpha value is -0.280. The molecule has 1 aromatic heterocycles. The Balaban J connectivity index is 3.19. The van der Waals surface area contributed by atoms with Crippen LogP contribution in [0.1, 0.15) is 5.56 Å². The van der Waals surface area contributed by atoms with Crippen molar-refractivity contribution < 1.29 is 0 Å². The molecule has 0 saturated carbocycles. The Morgan fingerprint density at radius 2 is 2.40 bits per heavy atom. The smallest absolute Gasteiger partial charge is 0.249 e. The normalized spacial score (nSPS) is 9.80. The number of aromatic amines is 1. The SMILES string of the molecule is O=c1cc(Br)c(CCl)c[nH]1. The van der Waals surface area contributed by atoms with E-state index in [1.807, 2.05) is 0 Å². The molecule has 0 atom stereocenters. The molecule has 0 aliphatic heterocycles. The summed E-state index contributed by atoms with van der Waals surface area (Å²) in [6.45, 7) is 0. The van der Waals surface area contributed by atoms with Crippen LogP contribution in [-0.4, -0.2) is 4.98 Å². The highest BCUT2D eigenvalue weighted by atomic mass is 79.9. The Morgan fingerprint density at radius 1 is 1.70 bits per heavy atom. The van der Waals surface area contributed by atoms with Crippen LogP contribution in [0.15, 0.2) is 21.5 Å². The van der Waals surface area contributed by atoms with Crippen molar-refractivity contribution in [3.63, 3.8) is 0 Å². The molecule has 0 radical (unpaired) electrons. The highest BCUT2D eigenvalue weighted by Gasteiger charge is 1.96. The zero-order chi connectivity index (χ0) is 7.56. The van der Waals surface area contributed by atoms with Crippen molar-refractivity contribution in [2.75, 3.05) is 0 Å². The van der Waals surface area contributed by atoms with Crippen LogP contribution in [0.2, 0.25) is 0 Å². The lowest BCUT2D eigenvalue weighted by Crippen LogP contribution is -2.03. The van der Waals surface area contributed by atoms with Gasteiger partial charge in [-0.1, -0.05) is 15.9 Å². The van der Waals surface area contributed by atoms with Crippen molar-refractivity contribution in [3.05, 3.63) is 32.7 Å². The highest BCUT2D eigenvalue weighted by Crippen LogP contribution is 2.14. The quantitative estimate of drug-likeness (QED) is 0.723. The summed E-state index contributed by atoms with van der Waals surface area (Å²) in [6, 6.07) is 1.46. The van der Waals surface area contributed by atoms with Crippen molar-refractivity contribution >= 4 is 27.5 Å². The number of aromatic nitrogens is 1. The van der Waals surface area contributed by atoms with E-state index in [2.05, 4.69) is 20.9 Å². The van der Waals surface area contributed by atoms with Crippen LogP contribution < -0.4 is 5.56 Å². The van der Waals surface area contributed by atoms with Gasteiger partial charge in [0.2, 0.25) is 5.56 Å². The molecule has 0 aliphatic carbocycles. The molecule has 1 N–H and O–H groups in total. The maximum atomic E-state index is 10.6. The minimum atomic E-state index is -0.124. The highest BCUT2D eigenvalue weighted by molar-refractivity contribution is 9.10. The van der Waals surface area contributed by atoms with Crippen molar-refractivity contribution in [1.29, 1.82) is 0 Å². The lowest BCUT2D eigenvalue weighted by atomic mass is 10.3. The number of hydrogen-bond donors (Lipinski definition) is 1. The van der Waals surface area contributed by atoms with Gasteiger partial charge in [-0.3, -0.25) is 4.79 Å². The summed E-state index contributed by atoms with van der Waals surface area (Å²) in [5.74, 6) is 0.400. The van der Waals surface area contributed by atoms with Gasteiger partial charge in [0, 0.05) is 22.6 Å². The number of hydrogen-bond acceptors (Lipinski definition) is 1. The molecule has 0 unspecified atom stereocenters. The summed E-state index contributed by atoms with van der Waals surface area (Å²) in [5, 5.41) is 0. The first-order chi connectivity index (χ1) is 4.74. The van der Waals surface area contributed by atoms with E-state index in [1.54, 1.807) is 6.20 Å². The van der Waals surface area contributed by atoms with E-state index in [0.717, 1.165) is 10.0 Å². The van der Waals surface area contributed by atoms with Gasteiger partial charge in [-0.2, -0.15) is 0 Å². The van der Waals surface area contributed by atoms with Crippen LogP contribution >= 0.6 is 27.5 Å². The average molecular weight is 222 g/mol. The predicted molar refractivity (Wildman–Crippen MR) is 44.3 cm³/mol. The summed E-state index contributed by atoms with van der Waals surface area (Å²) in [7, 11) is 0. The third-order valence-corrected chi connectivity index (χ3v) is 2.12. The summed E-state index contributed by atoms with van der Waals surface area (Å²) in [4.78, 5) is 13.2. The molecule has 1 aromatic rings. The van der Waals surface area contributed by atoms with Gasteiger partial charge in [-0.25, -0.2) is 0 Å². The van der Waals surface area contributed by atoms with Crippen molar-refractivity contribution in [2.45, 2.75) is 5.88 Å². The van der Waals surface area contributed by atoms with Crippen molar-refractivity contribution in [1.82, 2.24) is 4.98 Å². The molecule has 0 fully saturated rings. The van der Waals surface area contributed by atoms with E-state index in [9.17, 15) is 4.79 Å². The molecular weight excluding hydrogens is 217 g/mol. The van der Waals surface area contributed by atoms with Gasteiger partial charge in [0.15, 0.2) is 0 Å². The third kappa shape index (κ3) is 1.61. The first kappa shape index (κ1) is 7.82. The molecule has 0 amide bonds. The van der Waals surface area contributed by atoms with Crippen LogP contribution in [0.4, 0.5) is 0 Å². The number of H-pyrrole nitrogens is 1. The van der Waals surface area contributed by atoms with Gasteiger partial charge in [-0.05, 0) is 5.56 Å². The Labute approximate surface area is 71.3 Å². The van der Waals surface area contributed by atoms with Crippen LogP contribution in [0, 0.1) is 0 Å². The fraction of sp³-hybridized carbons (Fsp3) is 0.167. The van der Waals surface area contributed by atoms with Crippen molar-refractivity contribution in [3.8, 4) is 0 Å². The first-order valence-corrected chi connectivity index (χ1v) is 4.00. The van der Waals surface area contributed by atoms with E-state index in [4.69, 9.17) is 11.6 Å². The fourth-order valence-corrected chi connectivity index (χ4v) is 1.42. The maximum Gasteiger partial charge on any atom is 0.249 e. The molecule has 0 bridgehead atoms. The topological polar surface area (TPSA) is 32.9 Å². The lowest BCUT2D eigenvalue weighted by molar-refractivity contribution is 1.17. The fourth-order valence-electron chi connectivity index (χ4n) is 0.579. The Kier molecular flexibility index (Phi) is 2.51. The molecule has 1 rings (SSSR count). The minimum Gasteiger partial charge on any atom is -0.329 e. The van der Waals surface area contributed by atoms with Crippen LogP contribution in [-0.2, 0) is 5.88 Å². The van der Waals surface area contributed by atoms with E-state index < -0.39 is 0 Å². The van der Waals surface area contributed by atoms with Gasteiger partial charge < -0.3 is 4.98 Å². The molecule has 0 spiro atoms. The van der Waals surface area contributed by atoms with E-state index in [0.29, 0.717) is 5.88 Å². The van der Waals surface area contributed by atoms with E-state index >= 15 is 0 Å². The standard InChI is InChI=1S/C6H5BrClNO/c7-5-1-6(10)9-3-4(5)2-8/h1,3H,2H2,(H,9,10). The molecule has 2 nitrogen and oxygen atoms in total. The predicted octanol–water partition coefficient (Wildman–Crippen LogP) is 1.88. The zero-order valence-corrected chi connectivity index (χ0v) is 7.37. The second kappa shape index (κ2) is 3.21. The van der Waals surface area contributed by atoms with Gasteiger partial charge in [0.05, 0.1) is 0 Å². The Bertz CT molecular complexity index is 283. The molecular formula is C6H5BrClNO. The van der Waals surface area contributed by atoms with Gasteiger partial charge >= 0.3 is 0 Å². The Morgan fingerprint density at radius 3 is 2.90 bits per heavy atom. The minimum absolute atomic E-state index is 0.124. The third-order valence-electron chi connectivity index (χ3n) is 1.10. The van der Waals surface area contributed by atoms with E-state index in [-0.39, 0.29) is 5.56 Å². The number of rotatable bonds is 1. The van der Waals surface area contributed by atoms with Crippen LogP contribution in [0.25, 0.3) is 0 Å². The second-order valence-corrected chi connectivity index (χ2v) is 2.93. The number of alkyl halides is 1. The average Bonchev–Trinajstić information content (AvgIpc) is 1.88. The molecule has 4 heteroatoms. The number of nitrogens with one attached hydrogen (secondary N) is 1. The number of pyridine rings is 1. The van der Waals surface area contributed by atoms with Crippen LogP contribution in [0.5, 0.6) is 0 Å². The molecule has 0 aromatic carbocycles. The van der Waals surface area contributed by atoms with Crippen molar-refractivity contribution in [2.24, 2.45) is 0 Å². The molecule has 1 heterocycles. The van der Waals surface area contributed by atoms with Crippen LogP contribution in [0.3, 0.4) is 0 Å². The summed E-state index contributed by atoms with van der Waals surface area (Å²) < 4.78 is 0.756. The molecule has 10 heavy (non-hydrogen) atoms. The van der Waals surface area contributed by atoms with Gasteiger partial charge in [0.1, 0.15) is 0 Å². The summed E-state index contributed by atoms with van der Waals surface area (Å²) in [5.41, 5.74) is 0.766. The first-order valence-electron chi connectivity index (χ1n) is 2.67. The number of halogens is 2. The maximum absolute atomic E-state index is 10.6. The van der Waals surface area contributed by atoms with Gasteiger partial charge in [-0.15, -0.1) is 11.6 Å². The lowest BCUT2D eigenvalue weighted by Gasteiger charge is -1.95. The van der Waals surface area contributed by atoms with E-state index in [1.165, 1.54) is 6.07 Å². The summed E-state index contributed by atoms with van der Waals surface area (Å²) in [6.07, 6.45) is 1.60.